The summed E-state index contributed by atoms with van der Waals surface area (Å²) >= 11 is 12.3. The first-order chi connectivity index (χ1) is 17.9. The lowest BCUT2D eigenvalue weighted by Gasteiger charge is -2.22. The van der Waals surface area contributed by atoms with Crippen LogP contribution in [0.5, 0.6) is 5.75 Å². The molecule has 1 N–H and O–H groups in total. The number of hydrogen-bond acceptors (Lipinski definition) is 5. The van der Waals surface area contributed by atoms with Crippen molar-refractivity contribution in [1.29, 1.82) is 0 Å². The number of aromatic nitrogens is 1. The van der Waals surface area contributed by atoms with E-state index in [1.807, 2.05) is 54.6 Å². The molecule has 7 nitrogen and oxygen atoms in total. The van der Waals surface area contributed by atoms with Crippen LogP contribution in [0.15, 0.2) is 83.4 Å². The normalized spacial score (nSPS) is 10.7. The van der Waals surface area contributed by atoms with Crippen LogP contribution in [0.1, 0.15) is 37.7 Å². The van der Waals surface area contributed by atoms with E-state index in [4.69, 9.17) is 32.5 Å². The standard InChI is InChI=1S/C28H25Cl2N3O4/c1-36-22-10-7-19(8-11-22)13-14-31-27(34)26-16-23(37-32-26)18-33(17-20-5-3-2-4-6-20)28(35)24-12-9-21(29)15-25(24)30/h2-12,15-16H,13-14,17-18H2,1H3,(H,31,34). The highest BCUT2D eigenvalue weighted by molar-refractivity contribution is 6.36. The van der Waals surface area contributed by atoms with Crippen LogP contribution >= 0.6 is 23.2 Å². The second-order valence-electron chi connectivity index (χ2n) is 8.30. The summed E-state index contributed by atoms with van der Waals surface area (Å²) in [7, 11) is 1.62. The van der Waals surface area contributed by atoms with Crippen molar-refractivity contribution in [3.63, 3.8) is 0 Å². The van der Waals surface area contributed by atoms with Gasteiger partial charge in [-0.3, -0.25) is 9.59 Å². The van der Waals surface area contributed by atoms with E-state index in [1.165, 1.54) is 12.1 Å². The third kappa shape index (κ3) is 7.12. The fourth-order valence-corrected chi connectivity index (χ4v) is 4.21. The van der Waals surface area contributed by atoms with Gasteiger partial charge in [0.05, 0.1) is 24.2 Å². The minimum absolute atomic E-state index is 0.0960. The molecule has 4 rings (SSSR count). The molecule has 0 fully saturated rings. The Balaban J connectivity index is 1.42. The zero-order valence-corrected chi connectivity index (χ0v) is 21.6. The third-order valence-electron chi connectivity index (χ3n) is 5.66. The van der Waals surface area contributed by atoms with E-state index in [0.717, 1.165) is 16.9 Å². The lowest BCUT2D eigenvalue weighted by Crippen LogP contribution is -2.30. The van der Waals surface area contributed by atoms with Crippen molar-refractivity contribution in [3.05, 3.63) is 117 Å². The number of ether oxygens (including phenoxy) is 1. The largest absolute Gasteiger partial charge is 0.497 e. The topological polar surface area (TPSA) is 84.7 Å². The van der Waals surface area contributed by atoms with Crippen LogP contribution in [0.4, 0.5) is 0 Å². The first kappa shape index (κ1) is 26.3. The van der Waals surface area contributed by atoms with Gasteiger partial charge in [-0.1, -0.05) is 70.8 Å². The molecule has 1 aromatic heterocycles. The number of benzene rings is 3. The van der Waals surface area contributed by atoms with Gasteiger partial charge < -0.3 is 19.5 Å². The number of carbonyl (C=O) groups is 2. The molecule has 190 valence electrons. The SMILES string of the molecule is COc1ccc(CCNC(=O)c2cc(CN(Cc3ccccc3)C(=O)c3ccc(Cl)cc3Cl)on2)cc1. The number of methoxy groups -OCH3 is 1. The molecule has 0 atom stereocenters. The van der Waals surface area contributed by atoms with Crippen LogP contribution in [0.2, 0.25) is 10.0 Å². The summed E-state index contributed by atoms with van der Waals surface area (Å²) in [4.78, 5) is 27.6. The predicted octanol–water partition coefficient (Wildman–Crippen LogP) is 5.81. The van der Waals surface area contributed by atoms with Gasteiger partial charge in [-0.15, -0.1) is 0 Å². The van der Waals surface area contributed by atoms with Crippen molar-refractivity contribution in [2.45, 2.75) is 19.5 Å². The fourth-order valence-electron chi connectivity index (χ4n) is 3.72. The first-order valence-corrected chi connectivity index (χ1v) is 12.3. The average molecular weight is 538 g/mol. The minimum Gasteiger partial charge on any atom is -0.497 e. The van der Waals surface area contributed by atoms with Crippen LogP contribution in [0.25, 0.3) is 0 Å². The van der Waals surface area contributed by atoms with E-state index in [2.05, 4.69) is 10.5 Å². The molecular formula is C28H25Cl2N3O4. The Kier molecular flexibility index (Phi) is 8.82. The van der Waals surface area contributed by atoms with Crippen molar-refractivity contribution in [2.24, 2.45) is 0 Å². The maximum absolute atomic E-state index is 13.4. The van der Waals surface area contributed by atoms with E-state index < -0.39 is 0 Å². The van der Waals surface area contributed by atoms with Gasteiger partial charge in [0.25, 0.3) is 11.8 Å². The second-order valence-corrected chi connectivity index (χ2v) is 9.15. The highest BCUT2D eigenvalue weighted by atomic mass is 35.5. The van der Waals surface area contributed by atoms with E-state index in [-0.39, 0.29) is 29.1 Å². The van der Waals surface area contributed by atoms with Crippen molar-refractivity contribution < 1.29 is 18.8 Å². The van der Waals surface area contributed by atoms with Crippen molar-refractivity contribution in [1.82, 2.24) is 15.4 Å². The molecule has 3 aromatic carbocycles. The maximum atomic E-state index is 13.4. The van der Waals surface area contributed by atoms with Gasteiger partial charge in [0.15, 0.2) is 11.5 Å². The van der Waals surface area contributed by atoms with Gasteiger partial charge in [-0.25, -0.2) is 0 Å². The van der Waals surface area contributed by atoms with E-state index in [9.17, 15) is 9.59 Å². The summed E-state index contributed by atoms with van der Waals surface area (Å²) < 4.78 is 10.6. The van der Waals surface area contributed by atoms with Crippen molar-refractivity contribution in [3.8, 4) is 5.75 Å². The van der Waals surface area contributed by atoms with Crippen molar-refractivity contribution in [2.75, 3.05) is 13.7 Å². The lowest BCUT2D eigenvalue weighted by atomic mass is 10.1. The van der Waals surface area contributed by atoms with Crippen LogP contribution in [0.3, 0.4) is 0 Å². The highest BCUT2D eigenvalue weighted by Crippen LogP contribution is 2.24. The van der Waals surface area contributed by atoms with Gasteiger partial charge >= 0.3 is 0 Å². The molecule has 37 heavy (non-hydrogen) atoms. The molecule has 0 spiro atoms. The van der Waals surface area contributed by atoms with Gasteiger partial charge in [0.2, 0.25) is 0 Å². The van der Waals surface area contributed by atoms with Crippen LogP contribution in [0, 0.1) is 0 Å². The van der Waals surface area contributed by atoms with Gasteiger partial charge in [-0.05, 0) is 47.9 Å². The number of amides is 2. The number of rotatable bonds is 10. The molecule has 0 saturated heterocycles. The number of nitrogens with one attached hydrogen (secondary N) is 1. The van der Waals surface area contributed by atoms with Gasteiger partial charge in [0, 0.05) is 24.2 Å². The Morgan fingerprint density at radius 3 is 2.41 bits per heavy atom. The maximum Gasteiger partial charge on any atom is 0.273 e. The molecule has 1 heterocycles. The second kappa shape index (κ2) is 12.4. The smallest absolute Gasteiger partial charge is 0.273 e. The summed E-state index contributed by atoms with van der Waals surface area (Å²) in [5.41, 5.74) is 2.45. The molecule has 4 aromatic rings. The zero-order chi connectivity index (χ0) is 26.2. The van der Waals surface area contributed by atoms with Crippen LogP contribution < -0.4 is 10.1 Å². The first-order valence-electron chi connectivity index (χ1n) is 11.6. The Labute approximate surface area is 224 Å². The molecule has 0 unspecified atom stereocenters. The number of halogens is 2. The molecule has 2 amide bonds. The lowest BCUT2D eigenvalue weighted by molar-refractivity contribution is 0.0713. The Bertz CT molecular complexity index is 1360. The Morgan fingerprint density at radius 2 is 1.70 bits per heavy atom. The Morgan fingerprint density at radius 1 is 0.946 bits per heavy atom. The zero-order valence-electron chi connectivity index (χ0n) is 20.1. The molecule has 9 heteroatoms. The van der Waals surface area contributed by atoms with Gasteiger partial charge in [-0.2, -0.15) is 0 Å². The van der Waals surface area contributed by atoms with Crippen LogP contribution in [-0.4, -0.2) is 35.5 Å². The molecule has 0 saturated carbocycles. The molecule has 0 aliphatic rings. The van der Waals surface area contributed by atoms with Crippen LogP contribution in [-0.2, 0) is 19.5 Å². The van der Waals surface area contributed by atoms with E-state index in [0.29, 0.717) is 35.9 Å². The predicted molar refractivity (Wildman–Crippen MR) is 142 cm³/mol. The molecule has 0 aliphatic heterocycles. The molecule has 0 radical (unpaired) electrons. The number of carbonyl (C=O) groups excluding carboxylic acids is 2. The summed E-state index contributed by atoms with van der Waals surface area (Å²) in [5.74, 6) is 0.494. The fraction of sp³-hybridized carbons (Fsp3) is 0.179. The molecular weight excluding hydrogens is 513 g/mol. The summed E-state index contributed by atoms with van der Waals surface area (Å²) in [6, 6.07) is 23.5. The number of nitrogens with zero attached hydrogens (tertiary/aromatic N) is 2. The summed E-state index contributed by atoms with van der Waals surface area (Å²) in [5, 5.41) is 7.44. The van der Waals surface area contributed by atoms with Crippen molar-refractivity contribution >= 4 is 35.0 Å². The Hall–Kier alpha value is -3.81. The van der Waals surface area contributed by atoms with Gasteiger partial charge in [0.1, 0.15) is 5.75 Å². The average Bonchev–Trinajstić information content (AvgIpc) is 3.38. The summed E-state index contributed by atoms with van der Waals surface area (Å²) in [6.45, 7) is 0.836. The third-order valence-corrected chi connectivity index (χ3v) is 6.21. The quantitative estimate of drug-likeness (QED) is 0.276. The number of hydrogen-bond donors (Lipinski definition) is 1. The summed E-state index contributed by atoms with van der Waals surface area (Å²) in [6.07, 6.45) is 0.654. The highest BCUT2D eigenvalue weighted by Gasteiger charge is 2.22. The van der Waals surface area contributed by atoms with E-state index >= 15 is 0 Å². The molecule has 0 bridgehead atoms. The molecule has 0 aliphatic carbocycles. The van der Waals surface area contributed by atoms with E-state index in [1.54, 1.807) is 24.1 Å². The monoisotopic (exact) mass is 537 g/mol. The minimum atomic E-state index is -0.356.